The zero-order valence-electron chi connectivity index (χ0n) is 14.3. The van der Waals surface area contributed by atoms with E-state index in [0.29, 0.717) is 10.8 Å². The van der Waals surface area contributed by atoms with Crippen molar-refractivity contribution in [1.82, 2.24) is 4.98 Å². The van der Waals surface area contributed by atoms with Gasteiger partial charge in [-0.1, -0.05) is 0 Å². The summed E-state index contributed by atoms with van der Waals surface area (Å²) in [5.41, 5.74) is 1.63. The lowest BCUT2D eigenvalue weighted by atomic mass is 10.1. The zero-order chi connectivity index (χ0) is 18.5. The van der Waals surface area contributed by atoms with E-state index in [-0.39, 0.29) is 5.78 Å². The fourth-order valence-corrected chi connectivity index (χ4v) is 3.24. The van der Waals surface area contributed by atoms with Gasteiger partial charge in [-0.3, -0.25) is 4.79 Å². The Morgan fingerprint density at radius 3 is 2.69 bits per heavy atom. The Labute approximate surface area is 155 Å². The van der Waals surface area contributed by atoms with Crippen LogP contribution in [0.25, 0.3) is 17.3 Å². The van der Waals surface area contributed by atoms with Gasteiger partial charge in [-0.05, 0) is 55.5 Å². The minimum Gasteiger partial charge on any atom is -0.497 e. The molecule has 0 spiro atoms. The van der Waals surface area contributed by atoms with Gasteiger partial charge in [-0.15, -0.1) is 11.3 Å². The fourth-order valence-electron chi connectivity index (χ4n) is 2.36. The number of hydrogen-bond acceptors (Lipinski definition) is 6. The van der Waals surface area contributed by atoms with Crippen molar-refractivity contribution in [2.45, 2.75) is 12.8 Å². The molecule has 0 aliphatic rings. The largest absolute Gasteiger partial charge is 0.497 e. The molecule has 0 amide bonds. The number of carbonyl (C=O) groups excluding carboxylic acids is 1. The average molecular weight is 364 g/mol. The summed E-state index contributed by atoms with van der Waals surface area (Å²) in [5.74, 6) is 0.840. The Kier molecular flexibility index (Phi) is 5.30. The summed E-state index contributed by atoms with van der Waals surface area (Å²) in [5, 5.41) is 11.7. The predicted octanol–water partition coefficient (Wildman–Crippen LogP) is 4.61. The smallest absolute Gasteiger partial charge is 0.179 e. The molecule has 1 unspecified atom stereocenters. The first-order valence-electron chi connectivity index (χ1n) is 7.88. The molecule has 3 aromatic rings. The van der Waals surface area contributed by atoms with E-state index in [9.17, 15) is 10.1 Å². The van der Waals surface area contributed by atoms with Crippen LogP contribution >= 0.6 is 11.3 Å². The standard InChI is InChI=1S/C20H16N2O3S/c1-13-3-6-16(25-13)9-10-19(23)17(11-21)20-22-18(12-26-20)14-4-7-15(24-2)8-5-14/h3-10,12,17H,1-2H3/b10-9+. The average Bonchev–Trinajstić information content (AvgIpc) is 3.30. The lowest BCUT2D eigenvalue weighted by Gasteiger charge is -2.02. The molecule has 1 aromatic carbocycles. The summed E-state index contributed by atoms with van der Waals surface area (Å²) in [6.45, 7) is 1.83. The highest BCUT2D eigenvalue weighted by Crippen LogP contribution is 2.28. The Hall–Kier alpha value is -3.17. The van der Waals surface area contributed by atoms with Gasteiger partial charge in [0.15, 0.2) is 11.7 Å². The van der Waals surface area contributed by atoms with Crippen LogP contribution in [0.4, 0.5) is 0 Å². The van der Waals surface area contributed by atoms with Gasteiger partial charge in [0, 0.05) is 10.9 Å². The highest BCUT2D eigenvalue weighted by Gasteiger charge is 2.22. The van der Waals surface area contributed by atoms with Crippen molar-refractivity contribution in [2.75, 3.05) is 7.11 Å². The fraction of sp³-hybridized carbons (Fsp3) is 0.150. The lowest BCUT2D eigenvalue weighted by molar-refractivity contribution is -0.114. The maximum Gasteiger partial charge on any atom is 0.179 e. The second-order valence-corrected chi connectivity index (χ2v) is 6.44. The third-order valence-corrected chi connectivity index (χ3v) is 4.65. The first-order chi connectivity index (χ1) is 12.6. The zero-order valence-corrected chi connectivity index (χ0v) is 15.1. The first-order valence-corrected chi connectivity index (χ1v) is 8.76. The number of thiazole rings is 1. The Bertz CT molecular complexity index is 977. The molecule has 0 aliphatic carbocycles. The highest BCUT2D eigenvalue weighted by molar-refractivity contribution is 7.10. The van der Waals surface area contributed by atoms with Crippen LogP contribution in [0, 0.1) is 18.3 Å². The van der Waals surface area contributed by atoms with Crippen LogP contribution in [0.2, 0.25) is 0 Å². The lowest BCUT2D eigenvalue weighted by Crippen LogP contribution is -2.07. The van der Waals surface area contributed by atoms with E-state index in [4.69, 9.17) is 9.15 Å². The van der Waals surface area contributed by atoms with E-state index in [1.165, 1.54) is 17.4 Å². The number of allylic oxidation sites excluding steroid dienone is 1. The maximum atomic E-state index is 12.4. The number of nitrogens with zero attached hydrogens (tertiary/aromatic N) is 2. The summed E-state index contributed by atoms with van der Waals surface area (Å²) in [6.07, 6.45) is 2.93. The molecule has 0 bridgehead atoms. The van der Waals surface area contributed by atoms with E-state index in [1.807, 2.05) is 48.7 Å². The number of aromatic nitrogens is 1. The number of nitriles is 1. The molecule has 0 aliphatic heterocycles. The van der Waals surface area contributed by atoms with Crippen molar-refractivity contribution in [2.24, 2.45) is 0 Å². The number of aryl methyl sites for hydroxylation is 1. The quantitative estimate of drug-likeness (QED) is 0.597. The third kappa shape index (κ3) is 3.90. The van der Waals surface area contributed by atoms with Gasteiger partial charge in [-0.25, -0.2) is 4.98 Å². The maximum absolute atomic E-state index is 12.4. The highest BCUT2D eigenvalue weighted by atomic mass is 32.1. The SMILES string of the molecule is COc1ccc(-c2csc(C(C#N)C(=O)/C=C/c3ccc(C)o3)n2)cc1. The number of hydrogen-bond donors (Lipinski definition) is 0. The van der Waals surface area contributed by atoms with Crippen LogP contribution in [0.15, 0.2) is 52.3 Å². The van der Waals surface area contributed by atoms with E-state index in [0.717, 1.165) is 22.8 Å². The molecule has 1 atom stereocenters. The normalized spacial score (nSPS) is 12.0. The molecule has 2 aromatic heterocycles. The number of carbonyl (C=O) groups is 1. The van der Waals surface area contributed by atoms with Gasteiger partial charge in [0.1, 0.15) is 22.3 Å². The van der Waals surface area contributed by atoms with Crippen molar-refractivity contribution in [3.05, 3.63) is 64.4 Å². The summed E-state index contributed by atoms with van der Waals surface area (Å²) < 4.78 is 10.5. The number of methoxy groups -OCH3 is 1. The number of ether oxygens (including phenoxy) is 1. The van der Waals surface area contributed by atoms with Gasteiger partial charge in [0.05, 0.1) is 18.9 Å². The molecule has 0 N–H and O–H groups in total. The van der Waals surface area contributed by atoms with Gasteiger partial charge in [0.2, 0.25) is 0 Å². The molecule has 6 heteroatoms. The first kappa shape index (κ1) is 17.6. The van der Waals surface area contributed by atoms with Crippen molar-refractivity contribution in [3.63, 3.8) is 0 Å². The van der Waals surface area contributed by atoms with Gasteiger partial charge >= 0.3 is 0 Å². The summed E-state index contributed by atoms with van der Waals surface area (Å²) in [7, 11) is 1.61. The molecular formula is C20H16N2O3S. The minimum absolute atomic E-state index is 0.322. The molecule has 130 valence electrons. The van der Waals surface area contributed by atoms with Crippen LogP contribution < -0.4 is 4.74 Å². The number of benzene rings is 1. The van der Waals surface area contributed by atoms with E-state index >= 15 is 0 Å². The Morgan fingerprint density at radius 1 is 1.31 bits per heavy atom. The molecule has 3 rings (SSSR count). The molecule has 26 heavy (non-hydrogen) atoms. The summed E-state index contributed by atoms with van der Waals surface area (Å²) >= 11 is 1.30. The van der Waals surface area contributed by atoms with E-state index in [2.05, 4.69) is 4.98 Å². The third-order valence-electron chi connectivity index (χ3n) is 3.74. The van der Waals surface area contributed by atoms with Crippen LogP contribution in [0.1, 0.15) is 22.4 Å². The van der Waals surface area contributed by atoms with Gasteiger partial charge in [-0.2, -0.15) is 5.26 Å². The second-order valence-electron chi connectivity index (χ2n) is 5.55. The molecule has 0 radical (unpaired) electrons. The van der Waals surface area contributed by atoms with Crippen molar-refractivity contribution < 1.29 is 13.9 Å². The van der Waals surface area contributed by atoms with E-state index < -0.39 is 5.92 Å². The predicted molar refractivity (Wildman–Crippen MR) is 99.9 cm³/mol. The number of ketones is 1. The molecule has 0 fully saturated rings. The Morgan fingerprint density at radius 2 is 2.08 bits per heavy atom. The molecule has 0 saturated carbocycles. The summed E-state index contributed by atoms with van der Waals surface area (Å²) in [6, 6.07) is 13.1. The van der Waals surface area contributed by atoms with Crippen LogP contribution in [-0.4, -0.2) is 17.9 Å². The van der Waals surface area contributed by atoms with Crippen molar-refractivity contribution in [3.8, 4) is 23.1 Å². The van der Waals surface area contributed by atoms with Crippen molar-refractivity contribution >= 4 is 23.2 Å². The second kappa shape index (κ2) is 7.81. The van der Waals surface area contributed by atoms with Crippen LogP contribution in [0.3, 0.4) is 0 Å². The molecule has 2 heterocycles. The minimum atomic E-state index is -0.931. The monoisotopic (exact) mass is 364 g/mol. The molecular weight excluding hydrogens is 348 g/mol. The van der Waals surface area contributed by atoms with Gasteiger partial charge in [0.25, 0.3) is 0 Å². The molecule has 5 nitrogen and oxygen atoms in total. The van der Waals surface area contributed by atoms with Crippen molar-refractivity contribution in [1.29, 1.82) is 5.26 Å². The van der Waals surface area contributed by atoms with E-state index in [1.54, 1.807) is 19.3 Å². The molecule has 0 saturated heterocycles. The topological polar surface area (TPSA) is 76.1 Å². The van der Waals surface area contributed by atoms with Crippen LogP contribution in [-0.2, 0) is 4.79 Å². The summed E-state index contributed by atoms with van der Waals surface area (Å²) in [4.78, 5) is 16.8. The Balaban J connectivity index is 1.78. The number of furan rings is 1. The van der Waals surface area contributed by atoms with Gasteiger partial charge < -0.3 is 9.15 Å². The van der Waals surface area contributed by atoms with Crippen LogP contribution in [0.5, 0.6) is 5.75 Å². The number of rotatable bonds is 6.